The number of carbonyl (C=O) groups excluding carboxylic acids is 1. The number of hydrogen-bond donors (Lipinski definition) is 2. The van der Waals surface area contributed by atoms with Gasteiger partial charge in [-0.25, -0.2) is 8.42 Å². The SMILES string of the molecule is CCN[C@H](C)CNC(=O)c1ccc(C)c(S(C)(=O)=O)c1. The summed E-state index contributed by atoms with van der Waals surface area (Å²) in [6.07, 6.45) is 1.14. The average molecular weight is 298 g/mol. The van der Waals surface area contributed by atoms with Crippen molar-refractivity contribution < 1.29 is 13.2 Å². The van der Waals surface area contributed by atoms with Gasteiger partial charge in [0.25, 0.3) is 5.91 Å². The summed E-state index contributed by atoms with van der Waals surface area (Å²) in [4.78, 5) is 12.2. The molecule has 20 heavy (non-hydrogen) atoms. The van der Waals surface area contributed by atoms with Crippen molar-refractivity contribution in [1.82, 2.24) is 10.6 Å². The minimum Gasteiger partial charge on any atom is -0.350 e. The van der Waals surface area contributed by atoms with E-state index in [1.165, 1.54) is 6.07 Å². The predicted octanol–water partition coefficient (Wildman–Crippen LogP) is 1.13. The number of hydrogen-bond acceptors (Lipinski definition) is 4. The standard InChI is InChI=1S/C14H22N2O3S/c1-5-15-11(3)9-16-14(17)12-7-6-10(2)13(8-12)20(4,18)19/h6-8,11,15H,5,9H2,1-4H3,(H,16,17)/t11-/m1/s1. The molecule has 1 aromatic rings. The molecule has 0 unspecified atom stereocenters. The van der Waals surface area contributed by atoms with Crippen LogP contribution in [0.3, 0.4) is 0 Å². The number of sulfone groups is 1. The summed E-state index contributed by atoms with van der Waals surface area (Å²) in [5.74, 6) is -0.264. The van der Waals surface area contributed by atoms with Crippen LogP contribution in [-0.2, 0) is 9.84 Å². The van der Waals surface area contributed by atoms with Gasteiger partial charge >= 0.3 is 0 Å². The second kappa shape index (κ2) is 6.85. The van der Waals surface area contributed by atoms with Gasteiger partial charge in [-0.05, 0) is 38.1 Å². The highest BCUT2D eigenvalue weighted by atomic mass is 32.2. The highest BCUT2D eigenvalue weighted by Gasteiger charge is 2.14. The maximum absolute atomic E-state index is 12.0. The molecule has 2 N–H and O–H groups in total. The first-order chi connectivity index (χ1) is 9.25. The minimum absolute atomic E-state index is 0.170. The highest BCUT2D eigenvalue weighted by molar-refractivity contribution is 7.90. The van der Waals surface area contributed by atoms with Crippen molar-refractivity contribution in [1.29, 1.82) is 0 Å². The van der Waals surface area contributed by atoms with Crippen molar-refractivity contribution in [2.24, 2.45) is 0 Å². The third kappa shape index (κ3) is 4.61. The summed E-state index contributed by atoms with van der Waals surface area (Å²) < 4.78 is 23.3. The lowest BCUT2D eigenvalue weighted by Gasteiger charge is -2.13. The van der Waals surface area contributed by atoms with Crippen LogP contribution in [0.1, 0.15) is 29.8 Å². The van der Waals surface area contributed by atoms with Crippen molar-refractivity contribution in [3.63, 3.8) is 0 Å². The zero-order chi connectivity index (χ0) is 15.3. The Kier molecular flexibility index (Phi) is 5.71. The first kappa shape index (κ1) is 16.7. The first-order valence-corrected chi connectivity index (χ1v) is 8.47. The lowest BCUT2D eigenvalue weighted by atomic mass is 10.1. The first-order valence-electron chi connectivity index (χ1n) is 6.58. The Labute approximate surface area is 120 Å². The van der Waals surface area contributed by atoms with Gasteiger partial charge in [0.1, 0.15) is 0 Å². The van der Waals surface area contributed by atoms with Crippen molar-refractivity contribution in [3.8, 4) is 0 Å². The molecule has 1 aromatic carbocycles. The number of carbonyl (C=O) groups is 1. The van der Waals surface area contributed by atoms with Crippen LogP contribution in [0.15, 0.2) is 23.1 Å². The molecule has 1 amide bonds. The minimum atomic E-state index is -3.32. The molecule has 0 radical (unpaired) electrons. The molecule has 0 saturated carbocycles. The largest absolute Gasteiger partial charge is 0.350 e. The van der Waals surface area contributed by atoms with E-state index in [1.807, 2.05) is 13.8 Å². The van der Waals surface area contributed by atoms with Crippen LogP contribution < -0.4 is 10.6 Å². The van der Waals surface area contributed by atoms with E-state index in [9.17, 15) is 13.2 Å². The van der Waals surface area contributed by atoms with E-state index < -0.39 is 9.84 Å². The second-order valence-electron chi connectivity index (χ2n) is 4.92. The van der Waals surface area contributed by atoms with Crippen LogP contribution in [0.2, 0.25) is 0 Å². The zero-order valence-electron chi connectivity index (χ0n) is 12.4. The molecule has 0 saturated heterocycles. The van der Waals surface area contributed by atoms with Gasteiger partial charge in [0.05, 0.1) is 4.90 Å². The number of aryl methyl sites for hydroxylation is 1. The number of likely N-dealkylation sites (N-methyl/N-ethyl adjacent to an activating group) is 1. The Morgan fingerprint density at radius 1 is 1.35 bits per heavy atom. The Balaban J connectivity index is 2.85. The number of nitrogens with one attached hydrogen (secondary N) is 2. The molecular formula is C14H22N2O3S. The molecule has 112 valence electrons. The van der Waals surface area contributed by atoms with Gasteiger partial charge < -0.3 is 10.6 Å². The van der Waals surface area contributed by atoms with E-state index in [0.29, 0.717) is 17.7 Å². The van der Waals surface area contributed by atoms with Gasteiger partial charge in [-0.3, -0.25) is 4.79 Å². The number of benzene rings is 1. The van der Waals surface area contributed by atoms with Crippen molar-refractivity contribution in [2.75, 3.05) is 19.3 Å². The quantitative estimate of drug-likeness (QED) is 0.825. The molecule has 1 atom stereocenters. The monoisotopic (exact) mass is 298 g/mol. The van der Waals surface area contributed by atoms with E-state index >= 15 is 0 Å². The fourth-order valence-corrected chi connectivity index (χ4v) is 2.90. The molecule has 6 heteroatoms. The fraction of sp³-hybridized carbons (Fsp3) is 0.500. The molecule has 0 aromatic heterocycles. The second-order valence-corrected chi connectivity index (χ2v) is 6.91. The molecule has 0 heterocycles. The normalized spacial score (nSPS) is 13.0. The molecule has 0 bridgehead atoms. The molecular weight excluding hydrogens is 276 g/mol. The van der Waals surface area contributed by atoms with E-state index in [2.05, 4.69) is 10.6 Å². The average Bonchev–Trinajstić information content (AvgIpc) is 2.35. The molecule has 0 fully saturated rings. The molecule has 0 aliphatic carbocycles. The number of amides is 1. The van der Waals surface area contributed by atoms with E-state index in [-0.39, 0.29) is 16.8 Å². The number of rotatable bonds is 6. The van der Waals surface area contributed by atoms with Crippen molar-refractivity contribution in [2.45, 2.75) is 31.7 Å². The smallest absolute Gasteiger partial charge is 0.251 e. The van der Waals surface area contributed by atoms with Gasteiger partial charge in [0.2, 0.25) is 0 Å². The fourth-order valence-electron chi connectivity index (χ4n) is 1.91. The summed E-state index contributed by atoms with van der Waals surface area (Å²) in [6, 6.07) is 4.89. The third-order valence-corrected chi connectivity index (χ3v) is 4.21. The summed E-state index contributed by atoms with van der Waals surface area (Å²) in [5.41, 5.74) is 1.00. The Morgan fingerprint density at radius 2 is 2.00 bits per heavy atom. The van der Waals surface area contributed by atoms with Crippen molar-refractivity contribution in [3.05, 3.63) is 29.3 Å². The molecule has 1 rings (SSSR count). The van der Waals surface area contributed by atoms with Crippen LogP contribution in [0.25, 0.3) is 0 Å². The van der Waals surface area contributed by atoms with Gasteiger partial charge in [-0.2, -0.15) is 0 Å². The van der Waals surface area contributed by atoms with Gasteiger partial charge in [0.15, 0.2) is 9.84 Å². The zero-order valence-corrected chi connectivity index (χ0v) is 13.2. The predicted molar refractivity (Wildman–Crippen MR) is 79.8 cm³/mol. The van der Waals surface area contributed by atoms with Gasteiger partial charge in [-0.15, -0.1) is 0 Å². The van der Waals surface area contributed by atoms with E-state index in [0.717, 1.165) is 12.8 Å². The van der Waals surface area contributed by atoms with E-state index in [4.69, 9.17) is 0 Å². The molecule has 5 nitrogen and oxygen atoms in total. The van der Waals surface area contributed by atoms with Crippen LogP contribution in [0.4, 0.5) is 0 Å². The summed E-state index contributed by atoms with van der Waals surface area (Å²) >= 11 is 0. The Morgan fingerprint density at radius 3 is 2.55 bits per heavy atom. The lowest BCUT2D eigenvalue weighted by molar-refractivity contribution is 0.0950. The molecule has 0 spiro atoms. The van der Waals surface area contributed by atoms with Crippen LogP contribution >= 0.6 is 0 Å². The van der Waals surface area contributed by atoms with Crippen LogP contribution in [0, 0.1) is 6.92 Å². The van der Waals surface area contributed by atoms with Gasteiger partial charge in [-0.1, -0.05) is 13.0 Å². The maximum Gasteiger partial charge on any atom is 0.251 e. The lowest BCUT2D eigenvalue weighted by Crippen LogP contribution is -2.38. The highest BCUT2D eigenvalue weighted by Crippen LogP contribution is 2.16. The summed E-state index contributed by atoms with van der Waals surface area (Å²) in [7, 11) is -3.32. The van der Waals surface area contributed by atoms with Crippen molar-refractivity contribution >= 4 is 15.7 Å². The van der Waals surface area contributed by atoms with E-state index in [1.54, 1.807) is 19.1 Å². The van der Waals surface area contributed by atoms with Gasteiger partial charge in [0, 0.05) is 24.4 Å². The van der Waals surface area contributed by atoms with Crippen LogP contribution in [-0.4, -0.2) is 39.7 Å². The topological polar surface area (TPSA) is 75.3 Å². The third-order valence-electron chi connectivity index (χ3n) is 2.97. The Hall–Kier alpha value is -1.40. The summed E-state index contributed by atoms with van der Waals surface area (Å²) in [6.45, 7) is 7.01. The molecule has 0 aliphatic heterocycles. The summed E-state index contributed by atoms with van der Waals surface area (Å²) in [5, 5.41) is 5.97. The van der Waals surface area contributed by atoms with Crippen LogP contribution in [0.5, 0.6) is 0 Å². The molecule has 0 aliphatic rings. The maximum atomic E-state index is 12.0. The Bertz CT molecular complexity index is 582.